The van der Waals surface area contributed by atoms with Gasteiger partial charge in [0.1, 0.15) is 6.04 Å². The lowest BCUT2D eigenvalue weighted by molar-refractivity contribution is -0.147. The molecule has 98 valence electrons. The Bertz CT molecular complexity index is 393. The lowest BCUT2D eigenvalue weighted by Gasteiger charge is -2.36. The molecule has 1 aliphatic rings. The summed E-state index contributed by atoms with van der Waals surface area (Å²) in [6.07, 6.45) is 1.06. The molecule has 4 nitrogen and oxygen atoms in total. The van der Waals surface area contributed by atoms with Crippen molar-refractivity contribution in [3.05, 3.63) is 35.9 Å². The number of hydrogen-bond donors (Lipinski definition) is 1. The van der Waals surface area contributed by atoms with Gasteiger partial charge in [-0.1, -0.05) is 37.3 Å². The first-order valence-electron chi connectivity index (χ1n) is 6.35. The summed E-state index contributed by atoms with van der Waals surface area (Å²) in [4.78, 5) is 13.5. The Morgan fingerprint density at radius 1 is 1.50 bits per heavy atom. The number of nitrogens with zero attached hydrogens (tertiary/aromatic N) is 1. The minimum Gasteiger partial charge on any atom is -0.480 e. The van der Waals surface area contributed by atoms with E-state index in [2.05, 4.69) is 6.92 Å². The Labute approximate surface area is 107 Å². The number of hydrogen-bond acceptors (Lipinski definition) is 3. The van der Waals surface area contributed by atoms with Gasteiger partial charge < -0.3 is 9.84 Å². The number of ether oxygens (including phenoxy) is 1. The summed E-state index contributed by atoms with van der Waals surface area (Å²) in [5, 5.41) is 9.46. The summed E-state index contributed by atoms with van der Waals surface area (Å²) in [5.74, 6) is -0.794. The largest absolute Gasteiger partial charge is 0.480 e. The summed E-state index contributed by atoms with van der Waals surface area (Å²) in [6, 6.07) is 8.83. The van der Waals surface area contributed by atoms with Crippen LogP contribution in [0.5, 0.6) is 0 Å². The molecule has 0 radical (unpaired) electrons. The third-order valence-electron chi connectivity index (χ3n) is 3.34. The van der Waals surface area contributed by atoms with E-state index in [1.165, 1.54) is 0 Å². The van der Waals surface area contributed by atoms with Crippen molar-refractivity contribution in [2.75, 3.05) is 19.7 Å². The molecule has 18 heavy (non-hydrogen) atoms. The molecule has 2 atom stereocenters. The molecular weight excluding hydrogens is 230 g/mol. The second-order valence-electron chi connectivity index (χ2n) is 4.55. The fourth-order valence-electron chi connectivity index (χ4n) is 2.37. The molecule has 1 aromatic rings. The second-order valence-corrected chi connectivity index (χ2v) is 4.55. The monoisotopic (exact) mass is 249 g/mol. The maximum atomic E-state index is 11.5. The molecule has 1 aromatic carbocycles. The number of aliphatic carboxylic acids is 1. The van der Waals surface area contributed by atoms with Crippen LogP contribution in [0.25, 0.3) is 0 Å². The van der Waals surface area contributed by atoms with E-state index in [9.17, 15) is 9.90 Å². The Morgan fingerprint density at radius 3 is 2.83 bits per heavy atom. The Morgan fingerprint density at radius 2 is 2.22 bits per heavy atom. The number of benzene rings is 1. The molecular formula is C14H19NO3. The van der Waals surface area contributed by atoms with Crippen molar-refractivity contribution in [1.82, 2.24) is 4.90 Å². The normalized spacial score (nSPS) is 22.6. The topological polar surface area (TPSA) is 49.8 Å². The predicted octanol–water partition coefficient (Wildman–Crippen LogP) is 1.92. The molecule has 0 amide bonds. The quantitative estimate of drug-likeness (QED) is 0.885. The standard InChI is InChI=1S/C14H19NO3/c1-2-12-10-15(8-9-18-12)13(14(16)17)11-6-4-3-5-7-11/h3-7,12-13H,2,8-10H2,1H3,(H,16,17). The van der Waals surface area contributed by atoms with Gasteiger partial charge in [-0.25, -0.2) is 0 Å². The van der Waals surface area contributed by atoms with Gasteiger partial charge in [0.05, 0.1) is 12.7 Å². The molecule has 0 aromatic heterocycles. The van der Waals surface area contributed by atoms with Gasteiger partial charge in [0.15, 0.2) is 0 Å². The number of morpholine rings is 1. The number of rotatable bonds is 4. The minimum atomic E-state index is -0.794. The van der Waals surface area contributed by atoms with Crippen LogP contribution < -0.4 is 0 Å². The first-order chi connectivity index (χ1) is 8.72. The van der Waals surface area contributed by atoms with Gasteiger partial charge in [0, 0.05) is 13.1 Å². The summed E-state index contributed by atoms with van der Waals surface area (Å²) in [5.41, 5.74) is 0.835. The molecule has 1 aliphatic heterocycles. The van der Waals surface area contributed by atoms with Crippen molar-refractivity contribution < 1.29 is 14.6 Å². The average Bonchev–Trinajstić information content (AvgIpc) is 2.40. The van der Waals surface area contributed by atoms with Crippen molar-refractivity contribution in [3.63, 3.8) is 0 Å². The highest BCUT2D eigenvalue weighted by Crippen LogP contribution is 2.24. The lowest BCUT2D eigenvalue weighted by atomic mass is 10.0. The van der Waals surface area contributed by atoms with Crippen molar-refractivity contribution in [1.29, 1.82) is 0 Å². The van der Waals surface area contributed by atoms with Gasteiger partial charge in [-0.2, -0.15) is 0 Å². The van der Waals surface area contributed by atoms with Gasteiger partial charge in [-0.05, 0) is 12.0 Å². The van der Waals surface area contributed by atoms with Crippen LogP contribution >= 0.6 is 0 Å². The van der Waals surface area contributed by atoms with Crippen molar-refractivity contribution in [2.24, 2.45) is 0 Å². The first kappa shape index (κ1) is 13.1. The predicted molar refractivity (Wildman–Crippen MR) is 68.4 cm³/mol. The first-order valence-corrected chi connectivity index (χ1v) is 6.35. The van der Waals surface area contributed by atoms with Crippen molar-refractivity contribution in [3.8, 4) is 0 Å². The van der Waals surface area contributed by atoms with Crippen LogP contribution in [-0.2, 0) is 9.53 Å². The molecule has 1 fully saturated rings. The Hall–Kier alpha value is -1.39. The molecule has 0 spiro atoms. The average molecular weight is 249 g/mol. The van der Waals surface area contributed by atoms with E-state index in [1.807, 2.05) is 35.2 Å². The van der Waals surface area contributed by atoms with Crippen LogP contribution in [0.2, 0.25) is 0 Å². The highest BCUT2D eigenvalue weighted by molar-refractivity contribution is 5.75. The third-order valence-corrected chi connectivity index (χ3v) is 3.34. The van der Waals surface area contributed by atoms with Gasteiger partial charge in [0.2, 0.25) is 0 Å². The Kier molecular flexibility index (Phi) is 4.33. The van der Waals surface area contributed by atoms with E-state index < -0.39 is 12.0 Å². The van der Waals surface area contributed by atoms with Crippen LogP contribution in [0.4, 0.5) is 0 Å². The van der Waals surface area contributed by atoms with Crippen LogP contribution in [0.3, 0.4) is 0 Å². The zero-order valence-electron chi connectivity index (χ0n) is 10.6. The highest BCUT2D eigenvalue weighted by Gasteiger charge is 2.31. The van der Waals surface area contributed by atoms with Crippen molar-refractivity contribution in [2.45, 2.75) is 25.5 Å². The Balaban J connectivity index is 2.18. The van der Waals surface area contributed by atoms with Gasteiger partial charge >= 0.3 is 5.97 Å². The molecule has 0 aliphatic carbocycles. The summed E-state index contributed by atoms with van der Waals surface area (Å²) in [6.45, 7) is 4.02. The van der Waals surface area contributed by atoms with E-state index in [0.717, 1.165) is 12.0 Å². The van der Waals surface area contributed by atoms with E-state index >= 15 is 0 Å². The summed E-state index contributed by atoms with van der Waals surface area (Å²) in [7, 11) is 0. The fraction of sp³-hybridized carbons (Fsp3) is 0.500. The van der Waals surface area contributed by atoms with Crippen LogP contribution in [0.1, 0.15) is 24.9 Å². The molecule has 1 saturated heterocycles. The molecule has 1 heterocycles. The smallest absolute Gasteiger partial charge is 0.325 e. The van der Waals surface area contributed by atoms with E-state index in [1.54, 1.807) is 0 Å². The number of carbonyl (C=O) groups is 1. The molecule has 4 heteroatoms. The van der Waals surface area contributed by atoms with Gasteiger partial charge in [-0.3, -0.25) is 9.69 Å². The fourth-order valence-corrected chi connectivity index (χ4v) is 2.37. The van der Waals surface area contributed by atoms with Crippen molar-refractivity contribution >= 4 is 5.97 Å². The molecule has 1 N–H and O–H groups in total. The highest BCUT2D eigenvalue weighted by atomic mass is 16.5. The number of carboxylic acids is 1. The molecule has 0 bridgehead atoms. The van der Waals surface area contributed by atoms with Crippen LogP contribution in [0.15, 0.2) is 30.3 Å². The summed E-state index contributed by atoms with van der Waals surface area (Å²) < 4.78 is 5.59. The zero-order chi connectivity index (χ0) is 13.0. The van der Waals surface area contributed by atoms with Crippen LogP contribution in [-0.4, -0.2) is 41.8 Å². The third kappa shape index (κ3) is 2.89. The molecule has 2 unspecified atom stereocenters. The van der Waals surface area contributed by atoms with E-state index in [-0.39, 0.29) is 6.10 Å². The maximum Gasteiger partial charge on any atom is 0.325 e. The van der Waals surface area contributed by atoms with E-state index in [4.69, 9.17) is 4.74 Å². The minimum absolute atomic E-state index is 0.143. The van der Waals surface area contributed by atoms with E-state index in [0.29, 0.717) is 19.7 Å². The second kappa shape index (κ2) is 5.98. The van der Waals surface area contributed by atoms with Gasteiger partial charge in [0.25, 0.3) is 0 Å². The maximum absolute atomic E-state index is 11.5. The summed E-state index contributed by atoms with van der Waals surface area (Å²) >= 11 is 0. The SMILES string of the molecule is CCC1CN(C(C(=O)O)c2ccccc2)CCO1. The molecule has 0 saturated carbocycles. The van der Waals surface area contributed by atoms with Crippen LogP contribution in [0, 0.1) is 0 Å². The molecule has 2 rings (SSSR count). The lowest BCUT2D eigenvalue weighted by Crippen LogP contribution is -2.46. The van der Waals surface area contributed by atoms with Gasteiger partial charge in [-0.15, -0.1) is 0 Å². The zero-order valence-corrected chi connectivity index (χ0v) is 10.6. The number of carboxylic acid groups (broad SMARTS) is 1.